The molecule has 0 fully saturated rings. The summed E-state index contributed by atoms with van der Waals surface area (Å²) in [6, 6.07) is 18.6. The van der Waals surface area contributed by atoms with Crippen LogP contribution in [0.3, 0.4) is 0 Å². The largest absolute Gasteiger partial charge is 0.496 e. The molecule has 0 unspecified atom stereocenters. The van der Waals surface area contributed by atoms with Gasteiger partial charge >= 0.3 is 0 Å². The summed E-state index contributed by atoms with van der Waals surface area (Å²) in [7, 11) is 3.40. The molecule has 0 aliphatic heterocycles. The smallest absolute Gasteiger partial charge is 0.127 e. The second-order valence-corrected chi connectivity index (χ2v) is 6.03. The second-order valence-electron chi connectivity index (χ2n) is 5.11. The first kappa shape index (κ1) is 14.9. The summed E-state index contributed by atoms with van der Waals surface area (Å²) < 4.78 is 12.1. The third-order valence-electron chi connectivity index (χ3n) is 3.80. The number of rotatable bonds is 4. The van der Waals surface area contributed by atoms with Gasteiger partial charge in [-0.2, -0.15) is 0 Å². The summed E-state index contributed by atoms with van der Waals surface area (Å²) in [6.45, 7) is 0. The van der Waals surface area contributed by atoms with Crippen LogP contribution in [-0.4, -0.2) is 14.2 Å². The number of methoxy groups -OCH3 is 2. The molecule has 0 aliphatic rings. The third kappa shape index (κ3) is 2.81. The molecular weight excluding hydrogens is 340 g/mol. The first-order valence-corrected chi connectivity index (χ1v) is 7.89. The van der Waals surface area contributed by atoms with Crippen LogP contribution in [0.1, 0.15) is 11.1 Å². The van der Waals surface area contributed by atoms with Crippen LogP contribution in [-0.2, 0) is 6.42 Å². The van der Waals surface area contributed by atoms with Crippen molar-refractivity contribution in [2.75, 3.05) is 14.2 Å². The molecule has 112 valence electrons. The summed E-state index contributed by atoms with van der Waals surface area (Å²) in [5.74, 6) is 1.75. The lowest BCUT2D eigenvalue weighted by Gasteiger charge is -2.14. The van der Waals surface area contributed by atoms with Crippen LogP contribution >= 0.6 is 15.9 Å². The van der Waals surface area contributed by atoms with Crippen molar-refractivity contribution in [3.63, 3.8) is 0 Å². The molecule has 0 aromatic heterocycles. The van der Waals surface area contributed by atoms with Crippen molar-refractivity contribution in [1.29, 1.82) is 0 Å². The zero-order valence-electron chi connectivity index (χ0n) is 12.6. The van der Waals surface area contributed by atoms with Gasteiger partial charge in [-0.1, -0.05) is 46.3 Å². The molecule has 3 heteroatoms. The zero-order valence-corrected chi connectivity index (χ0v) is 14.2. The number of hydrogen-bond donors (Lipinski definition) is 0. The van der Waals surface area contributed by atoms with Gasteiger partial charge in [0.25, 0.3) is 0 Å². The first-order chi connectivity index (χ1) is 10.7. The predicted octanol–water partition coefficient (Wildman–Crippen LogP) is 5.21. The van der Waals surface area contributed by atoms with Gasteiger partial charge in [-0.15, -0.1) is 0 Å². The Morgan fingerprint density at radius 1 is 0.818 bits per heavy atom. The Morgan fingerprint density at radius 2 is 1.55 bits per heavy atom. The van der Waals surface area contributed by atoms with Gasteiger partial charge in [0, 0.05) is 15.2 Å². The van der Waals surface area contributed by atoms with Gasteiger partial charge in [0.2, 0.25) is 0 Å². The van der Waals surface area contributed by atoms with E-state index in [4.69, 9.17) is 9.47 Å². The highest BCUT2D eigenvalue weighted by Crippen LogP contribution is 2.36. The van der Waals surface area contributed by atoms with E-state index in [9.17, 15) is 0 Å². The van der Waals surface area contributed by atoms with Crippen LogP contribution < -0.4 is 9.47 Å². The van der Waals surface area contributed by atoms with Crippen LogP contribution in [0.4, 0.5) is 0 Å². The minimum Gasteiger partial charge on any atom is -0.496 e. The molecule has 3 aromatic carbocycles. The van der Waals surface area contributed by atoms with Crippen LogP contribution in [0.15, 0.2) is 59.1 Å². The van der Waals surface area contributed by atoms with Crippen LogP contribution in [0.25, 0.3) is 10.8 Å². The Balaban J connectivity index is 2.14. The highest BCUT2D eigenvalue weighted by Gasteiger charge is 2.11. The molecule has 22 heavy (non-hydrogen) atoms. The zero-order chi connectivity index (χ0) is 15.5. The van der Waals surface area contributed by atoms with E-state index < -0.39 is 0 Å². The number of fused-ring (bicyclic) bond motifs is 1. The number of hydrogen-bond acceptors (Lipinski definition) is 2. The minimum absolute atomic E-state index is 0.855. The van der Waals surface area contributed by atoms with Crippen molar-refractivity contribution in [2.24, 2.45) is 0 Å². The molecule has 0 saturated carbocycles. The molecule has 0 aliphatic carbocycles. The van der Waals surface area contributed by atoms with Crippen molar-refractivity contribution in [1.82, 2.24) is 0 Å². The molecular formula is C19H17BrO2. The van der Waals surface area contributed by atoms with Gasteiger partial charge in [-0.25, -0.2) is 0 Å². The first-order valence-electron chi connectivity index (χ1n) is 7.10. The van der Waals surface area contributed by atoms with E-state index in [0.717, 1.165) is 33.2 Å². The topological polar surface area (TPSA) is 18.5 Å². The summed E-state index contributed by atoms with van der Waals surface area (Å²) in [4.78, 5) is 0. The van der Waals surface area contributed by atoms with Crippen LogP contribution in [0.5, 0.6) is 11.5 Å². The van der Waals surface area contributed by atoms with E-state index in [1.165, 1.54) is 11.1 Å². The van der Waals surface area contributed by atoms with Crippen molar-refractivity contribution in [2.45, 2.75) is 6.42 Å². The fourth-order valence-corrected chi connectivity index (χ4v) is 3.00. The average Bonchev–Trinajstić information content (AvgIpc) is 2.56. The van der Waals surface area contributed by atoms with E-state index in [1.807, 2.05) is 18.2 Å². The van der Waals surface area contributed by atoms with Gasteiger partial charge in [0.1, 0.15) is 11.5 Å². The fourth-order valence-electron chi connectivity index (χ4n) is 2.73. The SMILES string of the molecule is COc1ccc(Cc2ccc(Br)cc2)c2c(OC)cccc12. The number of halogens is 1. The second kappa shape index (κ2) is 6.41. The van der Waals surface area contributed by atoms with Crippen LogP contribution in [0.2, 0.25) is 0 Å². The Hall–Kier alpha value is -2.00. The fraction of sp³-hybridized carbons (Fsp3) is 0.158. The van der Waals surface area contributed by atoms with Crippen molar-refractivity contribution >= 4 is 26.7 Å². The average molecular weight is 357 g/mol. The van der Waals surface area contributed by atoms with Gasteiger partial charge < -0.3 is 9.47 Å². The molecule has 3 aromatic rings. The molecule has 0 saturated heterocycles. The van der Waals surface area contributed by atoms with Crippen molar-refractivity contribution in [3.8, 4) is 11.5 Å². The maximum atomic E-state index is 5.56. The van der Waals surface area contributed by atoms with Gasteiger partial charge in [-0.3, -0.25) is 0 Å². The molecule has 0 atom stereocenters. The Bertz CT molecular complexity index is 794. The number of ether oxygens (including phenoxy) is 2. The van der Waals surface area contributed by atoms with E-state index in [-0.39, 0.29) is 0 Å². The lowest BCUT2D eigenvalue weighted by atomic mass is 9.97. The van der Waals surface area contributed by atoms with Gasteiger partial charge in [0.05, 0.1) is 14.2 Å². The minimum atomic E-state index is 0.855. The molecule has 3 rings (SSSR count). The molecule has 0 heterocycles. The highest BCUT2D eigenvalue weighted by atomic mass is 79.9. The van der Waals surface area contributed by atoms with Gasteiger partial charge in [0.15, 0.2) is 0 Å². The Labute approximate surface area is 138 Å². The van der Waals surface area contributed by atoms with E-state index >= 15 is 0 Å². The Morgan fingerprint density at radius 3 is 2.23 bits per heavy atom. The van der Waals surface area contributed by atoms with Gasteiger partial charge in [-0.05, 0) is 41.8 Å². The van der Waals surface area contributed by atoms with E-state index in [2.05, 4.69) is 52.3 Å². The molecule has 0 N–H and O–H groups in total. The predicted molar refractivity (Wildman–Crippen MR) is 94.0 cm³/mol. The number of benzene rings is 3. The standard InChI is InChI=1S/C19H17BrO2/c1-21-17-11-8-14(12-13-6-9-15(20)10-7-13)19-16(17)4-3-5-18(19)22-2/h3-11H,12H2,1-2H3. The normalized spacial score (nSPS) is 10.7. The summed E-state index contributed by atoms with van der Waals surface area (Å²) in [5, 5.41) is 2.20. The highest BCUT2D eigenvalue weighted by molar-refractivity contribution is 9.10. The van der Waals surface area contributed by atoms with E-state index in [1.54, 1.807) is 14.2 Å². The quantitative estimate of drug-likeness (QED) is 0.638. The molecule has 0 bridgehead atoms. The van der Waals surface area contributed by atoms with Crippen molar-refractivity contribution < 1.29 is 9.47 Å². The maximum absolute atomic E-state index is 5.56. The van der Waals surface area contributed by atoms with E-state index in [0.29, 0.717) is 0 Å². The maximum Gasteiger partial charge on any atom is 0.127 e. The summed E-state index contributed by atoms with van der Waals surface area (Å²) in [6.07, 6.45) is 0.855. The molecule has 0 radical (unpaired) electrons. The lowest BCUT2D eigenvalue weighted by Crippen LogP contribution is -1.95. The van der Waals surface area contributed by atoms with Crippen molar-refractivity contribution in [3.05, 3.63) is 70.2 Å². The Kier molecular flexibility index (Phi) is 4.34. The summed E-state index contributed by atoms with van der Waals surface area (Å²) in [5.41, 5.74) is 2.50. The molecule has 0 spiro atoms. The summed E-state index contributed by atoms with van der Waals surface area (Å²) >= 11 is 3.48. The lowest BCUT2D eigenvalue weighted by molar-refractivity contribution is 0.415. The molecule has 0 amide bonds. The monoisotopic (exact) mass is 356 g/mol. The third-order valence-corrected chi connectivity index (χ3v) is 4.33. The molecule has 2 nitrogen and oxygen atoms in total. The van der Waals surface area contributed by atoms with Crippen LogP contribution in [0, 0.1) is 0 Å².